The van der Waals surface area contributed by atoms with Crippen LogP contribution in [0.3, 0.4) is 0 Å². The zero-order valence-corrected chi connectivity index (χ0v) is 18.0. The number of carbonyl (C=O) groups excluding carboxylic acids is 1. The molecule has 3 saturated carbocycles. The number of fused-ring (bicyclic) bond motifs is 5. The van der Waals surface area contributed by atoms with Crippen molar-refractivity contribution in [3.63, 3.8) is 0 Å². The second-order valence-corrected chi connectivity index (χ2v) is 10.4. The van der Waals surface area contributed by atoms with Crippen LogP contribution in [0.2, 0.25) is 0 Å². The van der Waals surface area contributed by atoms with Gasteiger partial charge in [0.2, 0.25) is 5.91 Å². The molecule has 0 saturated heterocycles. The Labute approximate surface area is 173 Å². The number of furan rings is 1. The van der Waals surface area contributed by atoms with Crippen molar-refractivity contribution in [3.8, 4) is 0 Å². The van der Waals surface area contributed by atoms with Gasteiger partial charge in [0, 0.05) is 23.9 Å². The fourth-order valence-corrected chi connectivity index (χ4v) is 7.45. The Morgan fingerprint density at radius 2 is 2.00 bits per heavy atom. The number of aryl methyl sites for hydroxylation is 1. The minimum atomic E-state index is -0.393. The first-order valence-electron chi connectivity index (χ1n) is 11.1. The van der Waals surface area contributed by atoms with E-state index in [4.69, 9.17) is 4.42 Å². The van der Waals surface area contributed by atoms with Crippen LogP contribution in [0.4, 0.5) is 0 Å². The first kappa shape index (κ1) is 19.2. The van der Waals surface area contributed by atoms with Crippen LogP contribution in [-0.2, 0) is 4.79 Å². The molecule has 1 amide bonds. The van der Waals surface area contributed by atoms with E-state index in [2.05, 4.69) is 26.0 Å². The Hall–Kier alpha value is -1.81. The Morgan fingerprint density at radius 1 is 1.21 bits per heavy atom. The van der Waals surface area contributed by atoms with Crippen LogP contribution in [0.1, 0.15) is 57.5 Å². The van der Waals surface area contributed by atoms with Crippen molar-refractivity contribution >= 4 is 12.0 Å². The summed E-state index contributed by atoms with van der Waals surface area (Å²) in [5, 5.41) is 11.3. The van der Waals surface area contributed by atoms with Crippen molar-refractivity contribution < 1.29 is 14.3 Å². The molecule has 0 spiro atoms. The summed E-state index contributed by atoms with van der Waals surface area (Å²) in [5.74, 6) is 3.56. The molecule has 4 heteroatoms. The average Bonchev–Trinajstić information content (AvgIpc) is 3.20. The molecule has 1 aromatic heterocycles. The molecule has 156 valence electrons. The van der Waals surface area contributed by atoms with Crippen molar-refractivity contribution in [1.29, 1.82) is 0 Å². The molecule has 1 aliphatic heterocycles. The minimum Gasteiger partial charge on any atom is -0.462 e. The first-order chi connectivity index (χ1) is 13.7. The van der Waals surface area contributed by atoms with E-state index in [1.54, 1.807) is 6.08 Å². The lowest BCUT2D eigenvalue weighted by molar-refractivity contribution is -0.140. The summed E-state index contributed by atoms with van der Waals surface area (Å²) in [5.41, 5.74) is 1.12. The predicted octanol–water partition coefficient (Wildman–Crippen LogP) is 4.58. The number of amides is 1. The summed E-state index contributed by atoms with van der Waals surface area (Å²) in [7, 11) is 1.97. The lowest BCUT2D eigenvalue weighted by Crippen LogP contribution is -2.59. The lowest BCUT2D eigenvalue weighted by atomic mass is 9.48. The fraction of sp³-hybridized carbons (Fsp3) is 0.640. The van der Waals surface area contributed by atoms with Crippen molar-refractivity contribution in [2.24, 2.45) is 28.6 Å². The maximum Gasteiger partial charge on any atom is 0.246 e. The molecule has 4 nitrogen and oxygen atoms in total. The normalized spacial score (nSPS) is 45.3. The molecule has 4 aliphatic rings. The standard InChI is InChI=1S/C25H33NO3/c1-15-5-6-17(29-15)13-16-14-20-18-7-8-21-24(2,12-10-22(27)26(21)4)19(18)9-11-25(20,3)23(16)28/h5-6,10,12-13,18-21,23,28H,7-9,11,14H2,1-4H3/b16-13+/t18-,19+,20+,21-,23+,24-,25+/m1/s1. The molecular weight excluding hydrogens is 362 g/mol. The Morgan fingerprint density at radius 3 is 2.72 bits per heavy atom. The van der Waals surface area contributed by atoms with Gasteiger partial charge in [0.15, 0.2) is 0 Å². The summed E-state index contributed by atoms with van der Waals surface area (Å²) in [6.07, 6.45) is 11.0. The molecule has 3 aliphatic carbocycles. The molecular formula is C25H33NO3. The number of nitrogens with zero attached hydrogens (tertiary/aromatic N) is 1. The SMILES string of the molecule is Cc1ccc(/C=C2\C[C@H]3[C@@H]4CC[C@H]5N(C)C(=O)C=C[C@]5(C)[C@H]4CC[C@]3(C)[C@H]2O)o1. The zero-order valence-electron chi connectivity index (χ0n) is 18.0. The molecule has 2 heterocycles. The van der Waals surface area contributed by atoms with Gasteiger partial charge in [-0.3, -0.25) is 4.79 Å². The van der Waals surface area contributed by atoms with E-state index in [9.17, 15) is 9.90 Å². The number of hydrogen-bond acceptors (Lipinski definition) is 3. The van der Waals surface area contributed by atoms with Gasteiger partial charge >= 0.3 is 0 Å². The van der Waals surface area contributed by atoms with Crippen LogP contribution in [-0.4, -0.2) is 35.1 Å². The Kier molecular flexibility index (Phi) is 4.19. The van der Waals surface area contributed by atoms with E-state index < -0.39 is 6.10 Å². The third-order valence-corrected chi connectivity index (χ3v) is 9.09. The maximum atomic E-state index is 12.2. The van der Waals surface area contributed by atoms with Crippen LogP contribution >= 0.6 is 0 Å². The van der Waals surface area contributed by atoms with E-state index in [1.165, 1.54) is 0 Å². The molecule has 0 aromatic carbocycles. The van der Waals surface area contributed by atoms with Crippen LogP contribution in [0.5, 0.6) is 0 Å². The molecule has 1 N–H and O–H groups in total. The van der Waals surface area contributed by atoms with Gasteiger partial charge in [-0.05, 0) is 86.6 Å². The first-order valence-corrected chi connectivity index (χ1v) is 11.1. The Balaban J connectivity index is 1.48. The number of carbonyl (C=O) groups is 1. The van der Waals surface area contributed by atoms with Crippen LogP contribution < -0.4 is 0 Å². The fourth-order valence-electron chi connectivity index (χ4n) is 7.45. The van der Waals surface area contributed by atoms with Gasteiger partial charge < -0.3 is 14.4 Å². The van der Waals surface area contributed by atoms with Gasteiger partial charge in [0.1, 0.15) is 11.5 Å². The third kappa shape index (κ3) is 2.64. The van der Waals surface area contributed by atoms with E-state index in [0.29, 0.717) is 23.8 Å². The summed E-state index contributed by atoms with van der Waals surface area (Å²) in [6.45, 7) is 6.62. The monoisotopic (exact) mass is 395 g/mol. The van der Waals surface area contributed by atoms with Crippen LogP contribution in [0.15, 0.2) is 34.3 Å². The number of aliphatic hydroxyl groups is 1. The number of aliphatic hydroxyl groups excluding tert-OH is 1. The van der Waals surface area contributed by atoms with E-state index in [0.717, 1.165) is 49.2 Å². The number of rotatable bonds is 1. The van der Waals surface area contributed by atoms with E-state index >= 15 is 0 Å². The van der Waals surface area contributed by atoms with E-state index in [1.807, 2.05) is 31.0 Å². The maximum absolute atomic E-state index is 12.2. The topological polar surface area (TPSA) is 53.7 Å². The second-order valence-electron chi connectivity index (χ2n) is 10.4. The highest BCUT2D eigenvalue weighted by atomic mass is 16.3. The number of hydrogen-bond donors (Lipinski definition) is 1. The average molecular weight is 396 g/mol. The van der Waals surface area contributed by atoms with Crippen molar-refractivity contribution in [1.82, 2.24) is 4.90 Å². The van der Waals surface area contributed by atoms with Crippen molar-refractivity contribution in [2.45, 2.75) is 65.0 Å². The molecule has 0 unspecified atom stereocenters. The molecule has 29 heavy (non-hydrogen) atoms. The van der Waals surface area contributed by atoms with Crippen LogP contribution in [0, 0.1) is 35.5 Å². The van der Waals surface area contributed by atoms with Gasteiger partial charge in [-0.25, -0.2) is 0 Å². The van der Waals surface area contributed by atoms with E-state index in [-0.39, 0.29) is 16.7 Å². The van der Waals surface area contributed by atoms with Crippen molar-refractivity contribution in [3.05, 3.63) is 41.4 Å². The molecule has 5 rings (SSSR count). The van der Waals surface area contributed by atoms with Gasteiger partial charge in [-0.2, -0.15) is 0 Å². The highest BCUT2D eigenvalue weighted by molar-refractivity contribution is 5.89. The Bertz CT molecular complexity index is 898. The zero-order chi connectivity index (χ0) is 20.6. The summed E-state index contributed by atoms with van der Waals surface area (Å²) in [6, 6.07) is 4.28. The number of likely N-dealkylation sites (N-methyl/N-ethyl adjacent to an activating group) is 1. The largest absolute Gasteiger partial charge is 0.462 e. The molecule has 0 bridgehead atoms. The summed E-state index contributed by atoms with van der Waals surface area (Å²) < 4.78 is 5.76. The summed E-state index contributed by atoms with van der Waals surface area (Å²) in [4.78, 5) is 14.2. The third-order valence-electron chi connectivity index (χ3n) is 9.09. The smallest absolute Gasteiger partial charge is 0.246 e. The lowest BCUT2D eigenvalue weighted by Gasteiger charge is -2.59. The highest BCUT2D eigenvalue weighted by Gasteiger charge is 2.61. The molecule has 7 atom stereocenters. The second kappa shape index (κ2) is 6.34. The quantitative estimate of drug-likeness (QED) is 0.757. The molecule has 3 fully saturated rings. The van der Waals surface area contributed by atoms with Crippen LogP contribution in [0.25, 0.3) is 6.08 Å². The van der Waals surface area contributed by atoms with Gasteiger partial charge in [0.25, 0.3) is 0 Å². The molecule has 0 radical (unpaired) electrons. The summed E-state index contributed by atoms with van der Waals surface area (Å²) >= 11 is 0. The minimum absolute atomic E-state index is 0.0441. The van der Waals surface area contributed by atoms with Gasteiger partial charge in [0.05, 0.1) is 6.10 Å². The predicted molar refractivity (Wildman–Crippen MR) is 113 cm³/mol. The highest BCUT2D eigenvalue weighted by Crippen LogP contribution is 2.64. The van der Waals surface area contributed by atoms with Gasteiger partial charge in [-0.15, -0.1) is 0 Å². The van der Waals surface area contributed by atoms with Gasteiger partial charge in [-0.1, -0.05) is 19.9 Å². The molecule has 1 aromatic rings. The van der Waals surface area contributed by atoms with Crippen molar-refractivity contribution in [2.75, 3.05) is 7.05 Å².